The van der Waals surface area contributed by atoms with E-state index in [0.29, 0.717) is 5.82 Å². The molecule has 52 valence electrons. The molecule has 1 aromatic rings. The second-order valence-corrected chi connectivity index (χ2v) is 2.32. The van der Waals surface area contributed by atoms with Crippen LogP contribution in [0.3, 0.4) is 0 Å². The third-order valence-corrected chi connectivity index (χ3v) is 1.60. The Hall–Kier alpha value is -1.25. The van der Waals surface area contributed by atoms with Crippen LogP contribution in [0.4, 0.5) is 5.82 Å². The summed E-state index contributed by atoms with van der Waals surface area (Å²) >= 11 is 0. The average molecular weight is 136 g/mol. The average Bonchev–Trinajstić information content (AvgIpc) is 2.33. The molecule has 0 bridgehead atoms. The standard InChI is InChI=1S/C7H8N2O/c8-7-3-5-1-2-10-6(5)4-9-7/h3-4H,1-2H2,(H2,8,9). The predicted octanol–water partition coefficient (Wildman–Crippen LogP) is 0.599. The molecule has 3 nitrogen and oxygen atoms in total. The Morgan fingerprint density at radius 3 is 3.40 bits per heavy atom. The van der Waals surface area contributed by atoms with Crippen molar-refractivity contribution in [2.45, 2.75) is 6.42 Å². The maximum atomic E-state index is 5.46. The normalized spacial score (nSPS) is 14.4. The Labute approximate surface area is 58.8 Å². The molecular weight excluding hydrogens is 128 g/mol. The molecule has 0 amide bonds. The van der Waals surface area contributed by atoms with E-state index in [-0.39, 0.29) is 0 Å². The first kappa shape index (κ1) is 5.53. The van der Waals surface area contributed by atoms with Gasteiger partial charge in [0.05, 0.1) is 12.8 Å². The quantitative estimate of drug-likeness (QED) is 0.568. The highest BCUT2D eigenvalue weighted by atomic mass is 16.5. The van der Waals surface area contributed by atoms with Crippen LogP contribution in [0.2, 0.25) is 0 Å². The fourth-order valence-electron chi connectivity index (χ4n) is 1.10. The van der Waals surface area contributed by atoms with E-state index >= 15 is 0 Å². The smallest absolute Gasteiger partial charge is 0.141 e. The van der Waals surface area contributed by atoms with Crippen LogP contribution in [0.5, 0.6) is 5.75 Å². The van der Waals surface area contributed by atoms with Crippen molar-refractivity contribution < 1.29 is 4.74 Å². The molecule has 0 saturated heterocycles. The first-order valence-electron chi connectivity index (χ1n) is 3.23. The van der Waals surface area contributed by atoms with Gasteiger partial charge in [0.2, 0.25) is 0 Å². The monoisotopic (exact) mass is 136 g/mol. The summed E-state index contributed by atoms with van der Waals surface area (Å²) in [5, 5.41) is 0. The molecule has 10 heavy (non-hydrogen) atoms. The molecule has 2 N–H and O–H groups in total. The number of anilines is 1. The number of hydrogen-bond acceptors (Lipinski definition) is 3. The maximum absolute atomic E-state index is 5.46. The van der Waals surface area contributed by atoms with Gasteiger partial charge in [-0.05, 0) is 6.07 Å². The van der Waals surface area contributed by atoms with Crippen LogP contribution in [0.15, 0.2) is 12.3 Å². The van der Waals surface area contributed by atoms with Gasteiger partial charge in [0, 0.05) is 12.0 Å². The minimum atomic E-state index is 0.573. The Kier molecular flexibility index (Phi) is 1.03. The van der Waals surface area contributed by atoms with Gasteiger partial charge in [-0.1, -0.05) is 0 Å². The fourth-order valence-corrected chi connectivity index (χ4v) is 1.10. The zero-order valence-electron chi connectivity index (χ0n) is 5.50. The Morgan fingerprint density at radius 2 is 2.50 bits per heavy atom. The highest BCUT2D eigenvalue weighted by Gasteiger charge is 2.11. The summed E-state index contributed by atoms with van der Waals surface area (Å²) < 4.78 is 5.24. The third-order valence-electron chi connectivity index (χ3n) is 1.60. The molecular formula is C7H8N2O. The molecule has 2 rings (SSSR count). The molecule has 1 aliphatic rings. The van der Waals surface area contributed by atoms with Crippen LogP contribution >= 0.6 is 0 Å². The van der Waals surface area contributed by atoms with E-state index in [4.69, 9.17) is 10.5 Å². The van der Waals surface area contributed by atoms with Gasteiger partial charge in [-0.25, -0.2) is 4.98 Å². The second kappa shape index (κ2) is 1.87. The van der Waals surface area contributed by atoms with Gasteiger partial charge in [0.1, 0.15) is 11.6 Å². The number of aromatic nitrogens is 1. The summed E-state index contributed by atoms with van der Waals surface area (Å²) in [6.07, 6.45) is 2.64. The molecule has 3 heteroatoms. The number of hydrogen-bond donors (Lipinski definition) is 1. The summed E-state index contributed by atoms with van der Waals surface area (Å²) in [5.41, 5.74) is 6.64. The minimum absolute atomic E-state index is 0.573. The Bertz CT molecular complexity index is 260. The van der Waals surface area contributed by atoms with Gasteiger partial charge in [-0.3, -0.25) is 0 Å². The lowest BCUT2D eigenvalue weighted by Crippen LogP contribution is -1.89. The van der Waals surface area contributed by atoms with Gasteiger partial charge in [0.25, 0.3) is 0 Å². The lowest BCUT2D eigenvalue weighted by Gasteiger charge is -1.96. The van der Waals surface area contributed by atoms with Crippen LogP contribution in [-0.2, 0) is 6.42 Å². The topological polar surface area (TPSA) is 48.1 Å². The molecule has 0 unspecified atom stereocenters. The molecule has 1 aromatic heterocycles. The van der Waals surface area contributed by atoms with Gasteiger partial charge in [-0.2, -0.15) is 0 Å². The molecule has 0 atom stereocenters. The number of nitrogen functional groups attached to an aromatic ring is 1. The van der Waals surface area contributed by atoms with E-state index < -0.39 is 0 Å². The Balaban J connectivity index is 2.52. The molecule has 0 radical (unpaired) electrons. The second-order valence-electron chi connectivity index (χ2n) is 2.32. The largest absolute Gasteiger partial charge is 0.491 e. The van der Waals surface area contributed by atoms with Crippen LogP contribution in [0.1, 0.15) is 5.56 Å². The number of fused-ring (bicyclic) bond motifs is 1. The Morgan fingerprint density at radius 1 is 1.60 bits per heavy atom. The maximum Gasteiger partial charge on any atom is 0.141 e. The molecule has 0 saturated carbocycles. The molecule has 2 heterocycles. The molecule has 0 fully saturated rings. The van der Waals surface area contributed by atoms with Crippen molar-refractivity contribution in [1.29, 1.82) is 0 Å². The summed E-state index contributed by atoms with van der Waals surface area (Å²) in [7, 11) is 0. The number of nitrogens with two attached hydrogens (primary N) is 1. The lowest BCUT2D eigenvalue weighted by atomic mass is 10.2. The van der Waals surface area contributed by atoms with Crippen molar-refractivity contribution in [3.8, 4) is 5.75 Å². The van der Waals surface area contributed by atoms with Crippen molar-refractivity contribution in [1.82, 2.24) is 4.98 Å². The van der Waals surface area contributed by atoms with Gasteiger partial charge < -0.3 is 10.5 Å². The van der Waals surface area contributed by atoms with Crippen LogP contribution in [0.25, 0.3) is 0 Å². The number of rotatable bonds is 0. The van der Waals surface area contributed by atoms with Crippen molar-refractivity contribution in [2.24, 2.45) is 0 Å². The molecule has 1 aliphatic heterocycles. The number of pyridine rings is 1. The molecule has 0 aromatic carbocycles. The summed E-state index contributed by atoms with van der Waals surface area (Å²) in [4.78, 5) is 3.90. The van der Waals surface area contributed by atoms with E-state index in [2.05, 4.69) is 4.98 Å². The number of nitrogens with zero attached hydrogens (tertiary/aromatic N) is 1. The minimum Gasteiger partial charge on any atom is -0.491 e. The SMILES string of the molecule is Nc1cc2c(cn1)OCC2. The van der Waals surface area contributed by atoms with Gasteiger partial charge in [-0.15, -0.1) is 0 Å². The lowest BCUT2D eigenvalue weighted by molar-refractivity contribution is 0.356. The zero-order chi connectivity index (χ0) is 6.97. The fraction of sp³-hybridized carbons (Fsp3) is 0.286. The first-order valence-corrected chi connectivity index (χ1v) is 3.23. The molecule has 0 spiro atoms. The van der Waals surface area contributed by atoms with E-state index in [1.54, 1.807) is 6.20 Å². The zero-order valence-corrected chi connectivity index (χ0v) is 5.50. The van der Waals surface area contributed by atoms with Crippen molar-refractivity contribution in [3.05, 3.63) is 17.8 Å². The van der Waals surface area contributed by atoms with Crippen molar-refractivity contribution >= 4 is 5.82 Å². The van der Waals surface area contributed by atoms with Crippen LogP contribution < -0.4 is 10.5 Å². The highest BCUT2D eigenvalue weighted by molar-refractivity contribution is 5.42. The van der Waals surface area contributed by atoms with E-state index in [1.807, 2.05) is 6.07 Å². The van der Waals surface area contributed by atoms with Crippen molar-refractivity contribution in [3.63, 3.8) is 0 Å². The predicted molar refractivity (Wildman–Crippen MR) is 37.8 cm³/mol. The van der Waals surface area contributed by atoms with E-state index in [1.165, 1.54) is 5.56 Å². The van der Waals surface area contributed by atoms with Gasteiger partial charge >= 0.3 is 0 Å². The summed E-state index contributed by atoms with van der Waals surface area (Å²) in [6, 6.07) is 1.86. The van der Waals surface area contributed by atoms with E-state index in [0.717, 1.165) is 18.8 Å². The van der Waals surface area contributed by atoms with E-state index in [9.17, 15) is 0 Å². The van der Waals surface area contributed by atoms with Crippen LogP contribution in [0, 0.1) is 0 Å². The van der Waals surface area contributed by atoms with Crippen LogP contribution in [-0.4, -0.2) is 11.6 Å². The highest BCUT2D eigenvalue weighted by Crippen LogP contribution is 2.24. The molecule has 0 aliphatic carbocycles. The number of ether oxygens (including phenoxy) is 1. The first-order chi connectivity index (χ1) is 4.86. The van der Waals surface area contributed by atoms with Gasteiger partial charge in [0.15, 0.2) is 0 Å². The summed E-state index contributed by atoms with van der Waals surface area (Å²) in [5.74, 6) is 1.46. The van der Waals surface area contributed by atoms with Crippen molar-refractivity contribution in [2.75, 3.05) is 12.3 Å². The summed E-state index contributed by atoms with van der Waals surface area (Å²) in [6.45, 7) is 0.764. The third kappa shape index (κ3) is 0.708.